The number of halogens is 2. The predicted molar refractivity (Wildman–Crippen MR) is 143 cm³/mol. The molecule has 0 atom stereocenters. The highest BCUT2D eigenvalue weighted by Crippen LogP contribution is 2.13. The van der Waals surface area contributed by atoms with Gasteiger partial charge < -0.3 is 24.9 Å². The number of rotatable bonds is 6. The Kier molecular flexibility index (Phi) is 12.1. The summed E-state index contributed by atoms with van der Waals surface area (Å²) in [5.41, 5.74) is 0.966. The molecular formula is C23H38ClIN6O. The van der Waals surface area contributed by atoms with Gasteiger partial charge in [-0.25, -0.2) is 0 Å². The maximum Gasteiger partial charge on any atom is 0.227 e. The van der Waals surface area contributed by atoms with Gasteiger partial charge in [0.05, 0.1) is 6.42 Å². The van der Waals surface area contributed by atoms with E-state index < -0.39 is 0 Å². The van der Waals surface area contributed by atoms with Crippen molar-refractivity contribution in [2.45, 2.75) is 19.3 Å². The molecule has 1 N–H and O–H groups in total. The molecule has 0 spiro atoms. The maximum atomic E-state index is 12.6. The number of benzene rings is 1. The highest BCUT2D eigenvalue weighted by Gasteiger charge is 2.23. The normalized spacial score (nSPS) is 18.8. The molecular weight excluding hydrogens is 539 g/mol. The first-order chi connectivity index (χ1) is 15.0. The minimum Gasteiger partial charge on any atom is -0.356 e. The second-order valence-corrected chi connectivity index (χ2v) is 8.94. The Labute approximate surface area is 215 Å². The van der Waals surface area contributed by atoms with Crippen LogP contribution in [0.2, 0.25) is 5.02 Å². The molecule has 9 heteroatoms. The van der Waals surface area contributed by atoms with Crippen LogP contribution in [0.25, 0.3) is 0 Å². The molecule has 1 aromatic rings. The fourth-order valence-corrected chi connectivity index (χ4v) is 4.47. The lowest BCUT2D eigenvalue weighted by atomic mass is 10.1. The van der Waals surface area contributed by atoms with Crippen molar-refractivity contribution < 1.29 is 4.79 Å². The van der Waals surface area contributed by atoms with Gasteiger partial charge in [-0.05, 0) is 57.2 Å². The number of amides is 1. The van der Waals surface area contributed by atoms with Crippen molar-refractivity contribution in [1.29, 1.82) is 0 Å². The van der Waals surface area contributed by atoms with Crippen LogP contribution < -0.4 is 5.32 Å². The highest BCUT2D eigenvalue weighted by molar-refractivity contribution is 14.0. The van der Waals surface area contributed by atoms with Crippen LogP contribution in [0.4, 0.5) is 0 Å². The average Bonchev–Trinajstić information content (AvgIpc) is 2.98. The van der Waals surface area contributed by atoms with Gasteiger partial charge in [0, 0.05) is 57.9 Å². The van der Waals surface area contributed by atoms with Gasteiger partial charge in [0.25, 0.3) is 0 Å². The van der Waals surface area contributed by atoms with Crippen molar-refractivity contribution in [3.05, 3.63) is 34.9 Å². The van der Waals surface area contributed by atoms with E-state index in [2.05, 4.69) is 32.1 Å². The van der Waals surface area contributed by atoms with Gasteiger partial charge in [-0.3, -0.25) is 9.79 Å². The van der Waals surface area contributed by atoms with Crippen LogP contribution in [0.3, 0.4) is 0 Å². The van der Waals surface area contributed by atoms with Crippen LogP contribution in [0.15, 0.2) is 29.3 Å². The number of piperazine rings is 1. The van der Waals surface area contributed by atoms with Crippen molar-refractivity contribution in [2.75, 3.05) is 79.5 Å². The maximum absolute atomic E-state index is 12.6. The molecule has 0 bridgehead atoms. The van der Waals surface area contributed by atoms with Crippen molar-refractivity contribution in [2.24, 2.45) is 4.99 Å². The van der Waals surface area contributed by atoms with Gasteiger partial charge in [-0.1, -0.05) is 23.7 Å². The number of aliphatic imine (C=N–C) groups is 1. The monoisotopic (exact) mass is 576 g/mol. The zero-order valence-corrected chi connectivity index (χ0v) is 22.5. The Balaban J connectivity index is 0.00000363. The molecule has 2 fully saturated rings. The summed E-state index contributed by atoms with van der Waals surface area (Å²) in [7, 11) is 4.04. The Morgan fingerprint density at radius 2 is 1.81 bits per heavy atom. The molecule has 32 heavy (non-hydrogen) atoms. The number of nitrogens with one attached hydrogen (secondary N) is 1. The van der Waals surface area contributed by atoms with E-state index in [1.165, 1.54) is 19.5 Å². The highest BCUT2D eigenvalue weighted by atomic mass is 127. The molecule has 180 valence electrons. The summed E-state index contributed by atoms with van der Waals surface area (Å²) in [5, 5.41) is 4.19. The zero-order chi connectivity index (χ0) is 22.1. The quantitative estimate of drug-likeness (QED) is 0.244. The lowest BCUT2D eigenvalue weighted by Crippen LogP contribution is -2.54. The van der Waals surface area contributed by atoms with Crippen LogP contribution in [0.5, 0.6) is 0 Å². The molecule has 7 nitrogen and oxygen atoms in total. The van der Waals surface area contributed by atoms with Crippen LogP contribution in [-0.2, 0) is 11.2 Å². The first-order valence-electron chi connectivity index (χ1n) is 11.4. The fraction of sp³-hybridized carbons (Fsp3) is 0.652. The molecule has 1 aromatic carbocycles. The van der Waals surface area contributed by atoms with Gasteiger partial charge in [-0.2, -0.15) is 0 Å². The average molecular weight is 577 g/mol. The standard InChI is InChI=1S/C23H37ClN6O.HI/c1-25-23(26-8-4-10-28-11-5-9-27(2)12-13-28)30-16-14-29(15-17-30)22(31)19-20-6-3-7-21(24)18-20;/h3,6-7,18H,4-5,8-17,19H2,1-2H3,(H,25,26);1H. The van der Waals surface area contributed by atoms with E-state index in [4.69, 9.17) is 11.6 Å². The van der Waals surface area contributed by atoms with Gasteiger partial charge >= 0.3 is 0 Å². The summed E-state index contributed by atoms with van der Waals surface area (Å²) in [6.45, 7) is 9.84. The summed E-state index contributed by atoms with van der Waals surface area (Å²) in [4.78, 5) is 26.3. The molecule has 2 saturated heterocycles. The molecule has 2 heterocycles. The number of guanidine groups is 1. The molecule has 0 radical (unpaired) electrons. The minimum atomic E-state index is 0. The molecule has 1 amide bonds. The van der Waals surface area contributed by atoms with Crippen molar-refractivity contribution in [3.63, 3.8) is 0 Å². The van der Waals surface area contributed by atoms with Gasteiger partial charge in [0.1, 0.15) is 0 Å². The molecule has 3 rings (SSSR count). The topological polar surface area (TPSA) is 54.4 Å². The molecule has 2 aliphatic heterocycles. The minimum absolute atomic E-state index is 0. The van der Waals surface area contributed by atoms with Crippen LogP contribution >= 0.6 is 35.6 Å². The number of likely N-dealkylation sites (N-methyl/N-ethyl adjacent to an activating group) is 1. The summed E-state index contributed by atoms with van der Waals surface area (Å²) in [5.74, 6) is 1.10. The van der Waals surface area contributed by atoms with Crippen LogP contribution in [0, 0.1) is 0 Å². The van der Waals surface area contributed by atoms with Crippen molar-refractivity contribution in [1.82, 2.24) is 24.9 Å². The zero-order valence-electron chi connectivity index (χ0n) is 19.4. The van der Waals surface area contributed by atoms with E-state index in [-0.39, 0.29) is 29.9 Å². The number of hydrogen-bond acceptors (Lipinski definition) is 4. The lowest BCUT2D eigenvalue weighted by molar-refractivity contribution is -0.131. The van der Waals surface area contributed by atoms with Crippen LogP contribution in [-0.4, -0.2) is 111 Å². The van der Waals surface area contributed by atoms with E-state index in [9.17, 15) is 4.79 Å². The second-order valence-electron chi connectivity index (χ2n) is 8.50. The molecule has 0 unspecified atom stereocenters. The lowest BCUT2D eigenvalue weighted by Gasteiger charge is -2.36. The van der Waals surface area contributed by atoms with Gasteiger partial charge in [0.15, 0.2) is 5.96 Å². The number of hydrogen-bond donors (Lipinski definition) is 1. The Morgan fingerprint density at radius 3 is 2.53 bits per heavy atom. The third kappa shape index (κ3) is 8.68. The Hall–Kier alpha value is -1.10. The van der Waals surface area contributed by atoms with Gasteiger partial charge in [0.2, 0.25) is 5.91 Å². The van der Waals surface area contributed by atoms with Crippen molar-refractivity contribution in [3.8, 4) is 0 Å². The summed E-state index contributed by atoms with van der Waals surface area (Å²) >= 11 is 6.04. The number of carbonyl (C=O) groups excluding carboxylic acids is 1. The molecule has 0 aromatic heterocycles. The van der Waals surface area contributed by atoms with E-state index in [1.54, 1.807) is 0 Å². The largest absolute Gasteiger partial charge is 0.356 e. The van der Waals surface area contributed by atoms with E-state index >= 15 is 0 Å². The summed E-state index contributed by atoms with van der Waals surface area (Å²) in [6, 6.07) is 7.55. The van der Waals surface area contributed by atoms with Crippen LogP contribution in [0.1, 0.15) is 18.4 Å². The Morgan fingerprint density at radius 1 is 1.06 bits per heavy atom. The third-order valence-corrected chi connectivity index (χ3v) is 6.37. The molecule has 0 aliphatic carbocycles. The number of nitrogens with zero attached hydrogens (tertiary/aromatic N) is 5. The molecule has 2 aliphatic rings. The predicted octanol–water partition coefficient (Wildman–Crippen LogP) is 2.25. The third-order valence-electron chi connectivity index (χ3n) is 6.13. The summed E-state index contributed by atoms with van der Waals surface area (Å²) in [6.07, 6.45) is 2.77. The fourth-order valence-electron chi connectivity index (χ4n) is 4.26. The smallest absolute Gasteiger partial charge is 0.227 e. The van der Waals surface area contributed by atoms with Gasteiger partial charge in [-0.15, -0.1) is 24.0 Å². The molecule has 0 saturated carbocycles. The number of carbonyl (C=O) groups is 1. The Bertz CT molecular complexity index is 741. The first kappa shape index (κ1) is 27.1. The van der Waals surface area contributed by atoms with E-state index in [0.29, 0.717) is 11.4 Å². The first-order valence-corrected chi connectivity index (χ1v) is 11.8. The van der Waals surface area contributed by atoms with E-state index in [1.807, 2.05) is 36.2 Å². The van der Waals surface area contributed by atoms with Crippen molar-refractivity contribution >= 4 is 47.4 Å². The second kappa shape index (κ2) is 14.2. The summed E-state index contributed by atoms with van der Waals surface area (Å²) < 4.78 is 0. The SMILES string of the molecule is CN=C(NCCCN1CCCN(C)CC1)N1CCN(C(=O)Cc2cccc(Cl)c2)CC1.I. The van der Waals surface area contributed by atoms with E-state index in [0.717, 1.165) is 70.3 Å².